The third-order valence-corrected chi connectivity index (χ3v) is 2.96. The first-order valence-electron chi connectivity index (χ1n) is 5.14. The van der Waals surface area contributed by atoms with Crippen LogP contribution in [0.1, 0.15) is 25.3 Å². The SMILES string of the molecule is CC1(Cc2cccnc2N)CCCN1. The number of nitrogen functional groups attached to an aromatic ring is 1. The molecule has 1 aromatic heterocycles. The Kier molecular flexibility index (Phi) is 2.42. The summed E-state index contributed by atoms with van der Waals surface area (Å²) in [4.78, 5) is 4.10. The molecule has 1 aliphatic rings. The second-order valence-corrected chi connectivity index (χ2v) is 4.32. The van der Waals surface area contributed by atoms with Gasteiger partial charge in [0.2, 0.25) is 0 Å². The summed E-state index contributed by atoms with van der Waals surface area (Å²) in [6.45, 7) is 3.38. The van der Waals surface area contributed by atoms with Crippen LogP contribution in [0.5, 0.6) is 0 Å². The Morgan fingerprint density at radius 3 is 3.14 bits per heavy atom. The van der Waals surface area contributed by atoms with Gasteiger partial charge in [-0.05, 0) is 44.4 Å². The minimum absolute atomic E-state index is 0.219. The molecule has 1 unspecified atom stereocenters. The Morgan fingerprint density at radius 2 is 2.50 bits per heavy atom. The molecule has 76 valence electrons. The van der Waals surface area contributed by atoms with Gasteiger partial charge in [-0.2, -0.15) is 0 Å². The van der Waals surface area contributed by atoms with E-state index in [2.05, 4.69) is 23.3 Å². The monoisotopic (exact) mass is 191 g/mol. The van der Waals surface area contributed by atoms with E-state index in [4.69, 9.17) is 5.73 Å². The van der Waals surface area contributed by atoms with Crippen molar-refractivity contribution in [3.8, 4) is 0 Å². The molecular weight excluding hydrogens is 174 g/mol. The van der Waals surface area contributed by atoms with Crippen LogP contribution in [0.4, 0.5) is 5.82 Å². The van der Waals surface area contributed by atoms with Crippen LogP contribution in [0.2, 0.25) is 0 Å². The summed E-state index contributed by atoms with van der Waals surface area (Å²) < 4.78 is 0. The number of aromatic nitrogens is 1. The van der Waals surface area contributed by atoms with E-state index in [1.807, 2.05) is 6.07 Å². The molecule has 0 radical (unpaired) electrons. The van der Waals surface area contributed by atoms with Gasteiger partial charge in [0.05, 0.1) is 0 Å². The lowest BCUT2D eigenvalue weighted by Gasteiger charge is -2.24. The Hall–Kier alpha value is -1.09. The average Bonchev–Trinajstić information content (AvgIpc) is 2.57. The van der Waals surface area contributed by atoms with Crippen LogP contribution in [0, 0.1) is 0 Å². The zero-order chi connectivity index (χ0) is 10.0. The van der Waals surface area contributed by atoms with Gasteiger partial charge in [0.25, 0.3) is 0 Å². The Labute approximate surface area is 84.7 Å². The molecule has 1 atom stereocenters. The van der Waals surface area contributed by atoms with E-state index in [9.17, 15) is 0 Å². The molecular formula is C11H17N3. The third-order valence-electron chi connectivity index (χ3n) is 2.96. The molecule has 0 aliphatic carbocycles. The average molecular weight is 191 g/mol. The van der Waals surface area contributed by atoms with E-state index in [1.165, 1.54) is 12.8 Å². The number of rotatable bonds is 2. The van der Waals surface area contributed by atoms with E-state index >= 15 is 0 Å². The number of nitrogens with one attached hydrogen (secondary N) is 1. The van der Waals surface area contributed by atoms with Gasteiger partial charge < -0.3 is 11.1 Å². The van der Waals surface area contributed by atoms with Gasteiger partial charge in [-0.25, -0.2) is 4.98 Å². The van der Waals surface area contributed by atoms with E-state index in [0.29, 0.717) is 5.82 Å². The summed E-state index contributed by atoms with van der Waals surface area (Å²) in [7, 11) is 0. The van der Waals surface area contributed by atoms with Crippen molar-refractivity contribution in [1.29, 1.82) is 0 Å². The van der Waals surface area contributed by atoms with Gasteiger partial charge in [-0.15, -0.1) is 0 Å². The van der Waals surface area contributed by atoms with Gasteiger partial charge in [0.15, 0.2) is 0 Å². The van der Waals surface area contributed by atoms with Crippen molar-refractivity contribution < 1.29 is 0 Å². The Morgan fingerprint density at radius 1 is 1.64 bits per heavy atom. The van der Waals surface area contributed by atoms with Crippen molar-refractivity contribution in [3.63, 3.8) is 0 Å². The topological polar surface area (TPSA) is 50.9 Å². The lowest BCUT2D eigenvalue weighted by Crippen LogP contribution is -2.38. The van der Waals surface area contributed by atoms with Crippen LogP contribution in [0.25, 0.3) is 0 Å². The minimum atomic E-state index is 0.219. The summed E-state index contributed by atoms with van der Waals surface area (Å²) in [6.07, 6.45) is 5.20. The number of nitrogens with zero attached hydrogens (tertiary/aromatic N) is 1. The Bertz CT molecular complexity index is 316. The standard InChI is InChI=1S/C11H17N3/c1-11(5-3-7-14-11)8-9-4-2-6-13-10(9)12/h2,4,6,14H,3,5,7-8H2,1H3,(H2,12,13). The van der Waals surface area contributed by atoms with E-state index in [-0.39, 0.29) is 5.54 Å². The molecule has 3 nitrogen and oxygen atoms in total. The van der Waals surface area contributed by atoms with Gasteiger partial charge in [-0.3, -0.25) is 0 Å². The number of nitrogens with two attached hydrogens (primary N) is 1. The molecule has 14 heavy (non-hydrogen) atoms. The van der Waals surface area contributed by atoms with Crippen LogP contribution < -0.4 is 11.1 Å². The zero-order valence-electron chi connectivity index (χ0n) is 8.59. The molecule has 0 aromatic carbocycles. The molecule has 1 saturated heterocycles. The fourth-order valence-corrected chi connectivity index (χ4v) is 2.13. The first kappa shape index (κ1) is 9.46. The molecule has 1 aromatic rings. The number of anilines is 1. The minimum Gasteiger partial charge on any atom is -0.383 e. The molecule has 0 amide bonds. The fourth-order valence-electron chi connectivity index (χ4n) is 2.13. The van der Waals surface area contributed by atoms with Crippen LogP contribution in [-0.2, 0) is 6.42 Å². The maximum atomic E-state index is 5.82. The number of pyridine rings is 1. The molecule has 1 aliphatic heterocycles. The highest BCUT2D eigenvalue weighted by Crippen LogP contribution is 2.24. The molecule has 2 rings (SSSR count). The smallest absolute Gasteiger partial charge is 0.126 e. The number of hydrogen-bond acceptors (Lipinski definition) is 3. The first-order chi connectivity index (χ1) is 6.70. The van der Waals surface area contributed by atoms with Crippen molar-refractivity contribution >= 4 is 5.82 Å². The summed E-state index contributed by atoms with van der Waals surface area (Å²) in [5, 5.41) is 3.53. The van der Waals surface area contributed by atoms with Gasteiger partial charge in [0, 0.05) is 11.7 Å². The van der Waals surface area contributed by atoms with E-state index in [0.717, 1.165) is 18.5 Å². The van der Waals surface area contributed by atoms with Crippen molar-refractivity contribution in [2.45, 2.75) is 31.7 Å². The van der Waals surface area contributed by atoms with Crippen LogP contribution in [0.3, 0.4) is 0 Å². The highest BCUT2D eigenvalue weighted by molar-refractivity contribution is 5.39. The summed E-state index contributed by atoms with van der Waals surface area (Å²) in [6, 6.07) is 4.01. The predicted octanol–water partition coefficient (Wildman–Crippen LogP) is 1.35. The normalized spacial score (nSPS) is 26.6. The van der Waals surface area contributed by atoms with Crippen molar-refractivity contribution in [1.82, 2.24) is 10.3 Å². The lowest BCUT2D eigenvalue weighted by molar-refractivity contribution is 0.413. The summed E-state index contributed by atoms with van der Waals surface area (Å²) in [5.74, 6) is 0.669. The maximum Gasteiger partial charge on any atom is 0.126 e. The van der Waals surface area contributed by atoms with E-state index in [1.54, 1.807) is 6.20 Å². The van der Waals surface area contributed by atoms with Crippen molar-refractivity contribution in [2.24, 2.45) is 0 Å². The maximum absolute atomic E-state index is 5.82. The van der Waals surface area contributed by atoms with Crippen molar-refractivity contribution in [3.05, 3.63) is 23.9 Å². The molecule has 0 bridgehead atoms. The van der Waals surface area contributed by atoms with Gasteiger partial charge >= 0.3 is 0 Å². The second kappa shape index (κ2) is 3.58. The fraction of sp³-hybridized carbons (Fsp3) is 0.545. The van der Waals surface area contributed by atoms with Crippen LogP contribution >= 0.6 is 0 Å². The van der Waals surface area contributed by atoms with Crippen LogP contribution in [-0.4, -0.2) is 17.1 Å². The van der Waals surface area contributed by atoms with Crippen molar-refractivity contribution in [2.75, 3.05) is 12.3 Å². The van der Waals surface area contributed by atoms with E-state index < -0.39 is 0 Å². The largest absolute Gasteiger partial charge is 0.383 e. The summed E-state index contributed by atoms with van der Waals surface area (Å²) in [5.41, 5.74) is 7.19. The third kappa shape index (κ3) is 1.87. The molecule has 2 heterocycles. The molecule has 3 heteroatoms. The zero-order valence-corrected chi connectivity index (χ0v) is 8.59. The van der Waals surface area contributed by atoms with Crippen LogP contribution in [0.15, 0.2) is 18.3 Å². The molecule has 0 saturated carbocycles. The highest BCUT2D eigenvalue weighted by Gasteiger charge is 2.28. The molecule has 0 spiro atoms. The molecule has 3 N–H and O–H groups in total. The first-order valence-corrected chi connectivity index (χ1v) is 5.14. The number of hydrogen-bond donors (Lipinski definition) is 2. The lowest BCUT2D eigenvalue weighted by atomic mass is 9.92. The van der Waals surface area contributed by atoms with Gasteiger partial charge in [0.1, 0.15) is 5.82 Å². The highest BCUT2D eigenvalue weighted by atomic mass is 15.0. The quantitative estimate of drug-likeness (QED) is 0.742. The van der Waals surface area contributed by atoms with Gasteiger partial charge in [-0.1, -0.05) is 6.07 Å². The molecule has 1 fully saturated rings. The Balaban J connectivity index is 2.14. The summed E-state index contributed by atoms with van der Waals surface area (Å²) >= 11 is 0. The predicted molar refractivity (Wildman–Crippen MR) is 58.0 cm³/mol. The second-order valence-electron chi connectivity index (χ2n) is 4.32.